The molecular formula is C21H21F4NO4. The maximum atomic E-state index is 14.4. The number of hydrogen-bond donors (Lipinski definition) is 2. The van der Waals surface area contributed by atoms with Crippen LogP contribution in [0.5, 0.6) is 0 Å². The summed E-state index contributed by atoms with van der Waals surface area (Å²) < 4.78 is 57.7. The highest BCUT2D eigenvalue weighted by molar-refractivity contribution is 5.91. The van der Waals surface area contributed by atoms with Crippen molar-refractivity contribution in [3.05, 3.63) is 53.8 Å². The molecule has 162 valence electrons. The summed E-state index contributed by atoms with van der Waals surface area (Å²) in [4.78, 5) is 22.9. The molecule has 0 bridgehead atoms. The topological polar surface area (TPSA) is 75.6 Å². The molecule has 0 aliphatic carbocycles. The van der Waals surface area contributed by atoms with Crippen LogP contribution in [-0.4, -0.2) is 30.3 Å². The number of carbonyl (C=O) groups excluding carboxylic acids is 2. The van der Waals surface area contributed by atoms with Crippen LogP contribution in [0.3, 0.4) is 0 Å². The summed E-state index contributed by atoms with van der Waals surface area (Å²) in [5.41, 5.74) is -2.90. The first-order valence-electron chi connectivity index (χ1n) is 9.02. The van der Waals surface area contributed by atoms with E-state index in [9.17, 15) is 32.3 Å². The molecule has 0 radical (unpaired) electrons. The van der Waals surface area contributed by atoms with Gasteiger partial charge in [0.05, 0.1) is 7.11 Å². The molecule has 2 rings (SSSR count). The van der Waals surface area contributed by atoms with Crippen molar-refractivity contribution in [1.82, 2.24) is 0 Å². The van der Waals surface area contributed by atoms with Crippen LogP contribution in [0.1, 0.15) is 31.7 Å². The highest BCUT2D eigenvalue weighted by Gasteiger charge is 2.51. The highest BCUT2D eigenvalue weighted by atomic mass is 19.4. The number of benzene rings is 2. The van der Waals surface area contributed by atoms with Crippen LogP contribution in [-0.2, 0) is 19.9 Å². The van der Waals surface area contributed by atoms with Gasteiger partial charge in [-0.2, -0.15) is 13.2 Å². The number of anilines is 1. The zero-order valence-electron chi connectivity index (χ0n) is 16.3. The highest BCUT2D eigenvalue weighted by Crippen LogP contribution is 2.39. The van der Waals surface area contributed by atoms with E-state index in [1.54, 1.807) is 0 Å². The van der Waals surface area contributed by atoms with Crippen molar-refractivity contribution in [3.8, 4) is 11.1 Å². The lowest BCUT2D eigenvalue weighted by Gasteiger charge is -2.27. The molecule has 0 aliphatic heterocycles. The number of halogens is 4. The van der Waals surface area contributed by atoms with Gasteiger partial charge in [-0.3, -0.25) is 9.59 Å². The van der Waals surface area contributed by atoms with Gasteiger partial charge in [0.2, 0.25) is 5.91 Å². The molecule has 0 aromatic heterocycles. The van der Waals surface area contributed by atoms with Gasteiger partial charge in [0.1, 0.15) is 5.82 Å². The first-order chi connectivity index (χ1) is 14.0. The number of ether oxygens (including phenoxy) is 1. The molecule has 2 aromatic rings. The first-order valence-corrected chi connectivity index (χ1v) is 9.02. The zero-order chi connectivity index (χ0) is 22.5. The Bertz CT molecular complexity index is 908. The summed E-state index contributed by atoms with van der Waals surface area (Å²) in [5.74, 6) is -1.63. The Balaban J connectivity index is 2.08. The van der Waals surface area contributed by atoms with Crippen LogP contribution < -0.4 is 5.32 Å². The van der Waals surface area contributed by atoms with E-state index >= 15 is 0 Å². The second-order valence-electron chi connectivity index (χ2n) is 6.82. The normalized spacial score (nSPS) is 13.4. The van der Waals surface area contributed by atoms with E-state index in [2.05, 4.69) is 10.1 Å². The lowest BCUT2D eigenvalue weighted by atomic mass is 9.93. The molecule has 0 heterocycles. The van der Waals surface area contributed by atoms with Gasteiger partial charge >= 0.3 is 12.1 Å². The van der Waals surface area contributed by atoms with Gasteiger partial charge in [0, 0.05) is 24.1 Å². The Labute approximate surface area is 170 Å². The standard InChI is InChI=1S/C21H21F4NO4/c1-20(29,21(23,24)25)14-8-11-16(17(22)12-14)13-6-9-15(10-7-13)26-18(27)4-3-5-19(28)30-2/h6-12,29H,3-5H2,1-2H3,(H,26,27). The number of amides is 1. The summed E-state index contributed by atoms with van der Waals surface area (Å²) in [7, 11) is 1.26. The van der Waals surface area contributed by atoms with Gasteiger partial charge in [0.25, 0.3) is 0 Å². The van der Waals surface area contributed by atoms with E-state index in [-0.39, 0.29) is 24.3 Å². The van der Waals surface area contributed by atoms with Gasteiger partial charge in [0.15, 0.2) is 5.60 Å². The number of esters is 1. The molecular weight excluding hydrogens is 406 g/mol. The first kappa shape index (κ1) is 23.3. The SMILES string of the molecule is COC(=O)CCCC(=O)Nc1ccc(-c2ccc(C(C)(O)C(F)(F)F)cc2F)cc1. The maximum absolute atomic E-state index is 14.4. The molecule has 2 N–H and O–H groups in total. The molecule has 0 saturated carbocycles. The summed E-state index contributed by atoms with van der Waals surface area (Å²) in [5, 5.41) is 12.3. The summed E-state index contributed by atoms with van der Waals surface area (Å²) in [6.45, 7) is 0.560. The summed E-state index contributed by atoms with van der Waals surface area (Å²) >= 11 is 0. The molecule has 9 heteroatoms. The number of aliphatic hydroxyl groups is 1. The minimum absolute atomic E-state index is 0.0488. The van der Waals surface area contributed by atoms with Crippen LogP contribution in [0, 0.1) is 5.82 Å². The number of alkyl halides is 3. The molecule has 0 saturated heterocycles. The largest absolute Gasteiger partial charge is 0.469 e. The molecule has 1 unspecified atom stereocenters. The second-order valence-corrected chi connectivity index (χ2v) is 6.82. The van der Waals surface area contributed by atoms with Gasteiger partial charge in [-0.25, -0.2) is 4.39 Å². The smallest absolute Gasteiger partial charge is 0.421 e. The predicted octanol–water partition coefficient (Wildman–Crippen LogP) is 4.54. The monoisotopic (exact) mass is 427 g/mol. The van der Waals surface area contributed by atoms with Crippen molar-refractivity contribution in [2.24, 2.45) is 0 Å². The van der Waals surface area contributed by atoms with Crippen LogP contribution in [0.2, 0.25) is 0 Å². The second kappa shape index (κ2) is 9.25. The van der Waals surface area contributed by atoms with Crippen molar-refractivity contribution in [1.29, 1.82) is 0 Å². The summed E-state index contributed by atoms with van der Waals surface area (Å²) in [6.07, 6.45) is -4.38. The van der Waals surface area contributed by atoms with E-state index < -0.39 is 29.1 Å². The third-order valence-corrected chi connectivity index (χ3v) is 4.58. The fourth-order valence-corrected chi connectivity index (χ4v) is 2.67. The molecule has 0 spiro atoms. The fraction of sp³-hybridized carbons (Fsp3) is 0.333. The molecule has 5 nitrogen and oxygen atoms in total. The van der Waals surface area contributed by atoms with Crippen LogP contribution in [0.25, 0.3) is 11.1 Å². The number of methoxy groups -OCH3 is 1. The number of nitrogens with one attached hydrogen (secondary N) is 1. The zero-order valence-corrected chi connectivity index (χ0v) is 16.3. The Morgan fingerprint density at radius 3 is 2.23 bits per heavy atom. The van der Waals surface area contributed by atoms with E-state index in [4.69, 9.17) is 0 Å². The van der Waals surface area contributed by atoms with Crippen molar-refractivity contribution in [2.75, 3.05) is 12.4 Å². The Morgan fingerprint density at radius 2 is 1.70 bits per heavy atom. The van der Waals surface area contributed by atoms with Crippen molar-refractivity contribution < 1.29 is 37.0 Å². The number of carbonyl (C=O) groups is 2. The van der Waals surface area contributed by atoms with Crippen LogP contribution >= 0.6 is 0 Å². The number of hydrogen-bond acceptors (Lipinski definition) is 4. The van der Waals surface area contributed by atoms with E-state index in [0.29, 0.717) is 30.7 Å². The van der Waals surface area contributed by atoms with Crippen molar-refractivity contribution >= 4 is 17.6 Å². The molecule has 30 heavy (non-hydrogen) atoms. The van der Waals surface area contributed by atoms with Gasteiger partial charge in [-0.15, -0.1) is 0 Å². The van der Waals surface area contributed by atoms with Crippen LogP contribution in [0.4, 0.5) is 23.2 Å². The van der Waals surface area contributed by atoms with Gasteiger partial charge in [-0.1, -0.05) is 24.3 Å². The van der Waals surface area contributed by atoms with Crippen molar-refractivity contribution in [2.45, 2.75) is 38.0 Å². The van der Waals surface area contributed by atoms with E-state index in [1.165, 1.54) is 31.4 Å². The quantitative estimate of drug-likeness (QED) is 0.502. The third kappa shape index (κ3) is 5.56. The lowest BCUT2D eigenvalue weighted by Crippen LogP contribution is -2.39. The predicted molar refractivity (Wildman–Crippen MR) is 102 cm³/mol. The minimum Gasteiger partial charge on any atom is -0.469 e. The lowest BCUT2D eigenvalue weighted by molar-refractivity contribution is -0.258. The maximum Gasteiger partial charge on any atom is 0.421 e. The fourth-order valence-electron chi connectivity index (χ4n) is 2.67. The summed E-state index contributed by atoms with van der Waals surface area (Å²) in [6, 6.07) is 8.88. The Morgan fingerprint density at radius 1 is 1.07 bits per heavy atom. The molecule has 0 fully saturated rings. The van der Waals surface area contributed by atoms with E-state index in [0.717, 1.165) is 12.1 Å². The average molecular weight is 427 g/mol. The average Bonchev–Trinajstić information content (AvgIpc) is 2.67. The third-order valence-electron chi connectivity index (χ3n) is 4.58. The number of rotatable bonds is 7. The van der Waals surface area contributed by atoms with Gasteiger partial charge < -0.3 is 15.2 Å². The molecule has 0 aliphatic rings. The molecule has 1 amide bonds. The van der Waals surface area contributed by atoms with E-state index in [1.807, 2.05) is 0 Å². The molecule has 1 atom stereocenters. The minimum atomic E-state index is -4.95. The molecule has 2 aromatic carbocycles. The van der Waals surface area contributed by atoms with Gasteiger partial charge in [-0.05, 0) is 42.7 Å². The van der Waals surface area contributed by atoms with Crippen LogP contribution in [0.15, 0.2) is 42.5 Å². The Kier molecular flexibility index (Phi) is 7.20. The Hall–Kier alpha value is -2.94. The van der Waals surface area contributed by atoms with Crippen molar-refractivity contribution in [3.63, 3.8) is 0 Å².